The largest absolute Gasteiger partial charge is 0.504 e. The maximum absolute atomic E-state index is 10.5. The molecule has 0 aromatic heterocycles. The molecule has 0 aliphatic rings. The van der Waals surface area contributed by atoms with E-state index in [0.29, 0.717) is 5.39 Å². The number of phenolic OH excluding ortho intramolecular Hbond substituents is 2. The first-order chi connectivity index (χ1) is 11.0. The van der Waals surface area contributed by atoms with E-state index in [4.69, 9.17) is 0 Å². The summed E-state index contributed by atoms with van der Waals surface area (Å²) >= 11 is 0. The predicted molar refractivity (Wildman–Crippen MR) is 102 cm³/mol. The van der Waals surface area contributed by atoms with Crippen LogP contribution in [0.2, 0.25) is 0 Å². The van der Waals surface area contributed by atoms with Crippen molar-refractivity contribution in [3.05, 3.63) is 47.5 Å². The minimum atomic E-state index is -0.250. The third-order valence-corrected chi connectivity index (χ3v) is 4.76. The van der Waals surface area contributed by atoms with E-state index in [2.05, 4.69) is 39.0 Å². The quantitative estimate of drug-likeness (QED) is 0.393. The van der Waals surface area contributed by atoms with Crippen LogP contribution in [0, 0.1) is 0 Å². The zero-order valence-electron chi connectivity index (χ0n) is 15.4. The number of fused-ring (bicyclic) bond motifs is 3. The van der Waals surface area contributed by atoms with Crippen molar-refractivity contribution < 1.29 is 10.2 Å². The fourth-order valence-corrected chi connectivity index (χ4v) is 3.21. The summed E-state index contributed by atoms with van der Waals surface area (Å²) in [5.41, 5.74) is 1.83. The second-order valence-electron chi connectivity index (χ2n) is 8.72. The highest BCUT2D eigenvalue weighted by molar-refractivity contribution is 6.10. The van der Waals surface area contributed by atoms with E-state index in [0.717, 1.165) is 21.7 Å². The van der Waals surface area contributed by atoms with Gasteiger partial charge in [0.2, 0.25) is 0 Å². The summed E-state index contributed by atoms with van der Waals surface area (Å²) in [5.74, 6) is -0.0400. The van der Waals surface area contributed by atoms with Crippen LogP contribution >= 0.6 is 0 Å². The molecular formula is C22H26O2. The van der Waals surface area contributed by atoms with Crippen molar-refractivity contribution >= 4 is 21.5 Å². The molecule has 0 atom stereocenters. The van der Waals surface area contributed by atoms with Crippen molar-refractivity contribution in [2.75, 3.05) is 0 Å². The summed E-state index contributed by atoms with van der Waals surface area (Å²) in [6.45, 7) is 12.7. The van der Waals surface area contributed by atoms with E-state index in [1.165, 1.54) is 5.56 Å². The average Bonchev–Trinajstić information content (AvgIpc) is 2.47. The van der Waals surface area contributed by atoms with Gasteiger partial charge in [-0.05, 0) is 50.8 Å². The maximum atomic E-state index is 10.5. The summed E-state index contributed by atoms with van der Waals surface area (Å²) in [7, 11) is 0. The first-order valence-electron chi connectivity index (χ1n) is 8.42. The fourth-order valence-electron chi connectivity index (χ4n) is 3.21. The molecule has 0 amide bonds. The molecule has 0 saturated heterocycles. The highest BCUT2D eigenvalue weighted by Crippen LogP contribution is 2.44. The number of hydrogen-bond donors (Lipinski definition) is 2. The van der Waals surface area contributed by atoms with Crippen LogP contribution in [0.15, 0.2) is 36.4 Å². The second kappa shape index (κ2) is 5.14. The Bertz CT molecular complexity index is 938. The summed E-state index contributed by atoms with van der Waals surface area (Å²) in [4.78, 5) is 0. The van der Waals surface area contributed by atoms with E-state index in [-0.39, 0.29) is 22.3 Å². The van der Waals surface area contributed by atoms with Crippen LogP contribution < -0.4 is 0 Å². The lowest BCUT2D eigenvalue weighted by Crippen LogP contribution is -2.12. The lowest BCUT2D eigenvalue weighted by atomic mass is 9.82. The van der Waals surface area contributed by atoms with Gasteiger partial charge in [0, 0.05) is 10.9 Å². The minimum Gasteiger partial charge on any atom is -0.504 e. The van der Waals surface area contributed by atoms with Crippen LogP contribution in [0.3, 0.4) is 0 Å². The van der Waals surface area contributed by atoms with Gasteiger partial charge >= 0.3 is 0 Å². The molecule has 0 bridgehead atoms. The van der Waals surface area contributed by atoms with Crippen LogP contribution in [0.5, 0.6) is 11.5 Å². The lowest BCUT2D eigenvalue weighted by Gasteiger charge is -2.23. The van der Waals surface area contributed by atoms with E-state index in [1.54, 1.807) is 0 Å². The number of aromatic hydroxyl groups is 2. The Balaban J connectivity index is 2.47. The van der Waals surface area contributed by atoms with Gasteiger partial charge in [-0.1, -0.05) is 59.7 Å². The Kier molecular flexibility index (Phi) is 3.56. The van der Waals surface area contributed by atoms with Gasteiger partial charge in [0.05, 0.1) is 0 Å². The van der Waals surface area contributed by atoms with Crippen molar-refractivity contribution in [2.24, 2.45) is 0 Å². The molecule has 0 radical (unpaired) electrons. The molecule has 0 heterocycles. The molecule has 2 heteroatoms. The number of rotatable bonds is 0. The predicted octanol–water partition coefficient (Wildman–Crippen LogP) is 6.00. The van der Waals surface area contributed by atoms with Gasteiger partial charge in [0.1, 0.15) is 0 Å². The molecule has 3 aromatic rings. The first-order valence-corrected chi connectivity index (χ1v) is 8.42. The normalized spacial score (nSPS) is 12.9. The van der Waals surface area contributed by atoms with Crippen LogP contribution in [0.1, 0.15) is 52.7 Å². The first kappa shape index (κ1) is 16.6. The summed E-state index contributed by atoms with van der Waals surface area (Å²) in [6.07, 6.45) is 0. The SMILES string of the molecule is CC(C)(C)c1ccc2ccc3c(O)c(O)c(C(C)(C)C)cc3c2c1. The molecule has 0 aliphatic heterocycles. The van der Waals surface area contributed by atoms with Crippen molar-refractivity contribution in [1.29, 1.82) is 0 Å². The molecular weight excluding hydrogens is 296 g/mol. The van der Waals surface area contributed by atoms with Crippen molar-refractivity contribution in [2.45, 2.75) is 52.4 Å². The molecule has 24 heavy (non-hydrogen) atoms. The van der Waals surface area contributed by atoms with Gasteiger partial charge in [0.15, 0.2) is 11.5 Å². The fraction of sp³-hybridized carbons (Fsp3) is 0.364. The van der Waals surface area contributed by atoms with Gasteiger partial charge in [-0.15, -0.1) is 0 Å². The molecule has 3 aromatic carbocycles. The van der Waals surface area contributed by atoms with Gasteiger partial charge in [-0.3, -0.25) is 0 Å². The number of hydrogen-bond acceptors (Lipinski definition) is 2. The molecule has 0 aliphatic carbocycles. The van der Waals surface area contributed by atoms with Crippen LogP contribution in [-0.2, 0) is 10.8 Å². The van der Waals surface area contributed by atoms with Gasteiger partial charge in [0.25, 0.3) is 0 Å². The topological polar surface area (TPSA) is 40.5 Å². The van der Waals surface area contributed by atoms with Gasteiger partial charge in [-0.25, -0.2) is 0 Å². The van der Waals surface area contributed by atoms with Crippen LogP contribution in [0.4, 0.5) is 0 Å². The van der Waals surface area contributed by atoms with E-state index >= 15 is 0 Å². The Morgan fingerprint density at radius 1 is 0.625 bits per heavy atom. The van der Waals surface area contributed by atoms with E-state index in [9.17, 15) is 10.2 Å². The molecule has 2 N–H and O–H groups in total. The van der Waals surface area contributed by atoms with Crippen molar-refractivity contribution in [3.8, 4) is 11.5 Å². The van der Waals surface area contributed by atoms with E-state index < -0.39 is 0 Å². The maximum Gasteiger partial charge on any atom is 0.165 e. The highest BCUT2D eigenvalue weighted by Gasteiger charge is 2.23. The summed E-state index contributed by atoms with van der Waals surface area (Å²) in [5, 5.41) is 24.9. The van der Waals surface area contributed by atoms with Gasteiger partial charge < -0.3 is 10.2 Å². The summed E-state index contributed by atoms with van der Waals surface area (Å²) < 4.78 is 0. The Labute approximate surface area is 143 Å². The zero-order valence-corrected chi connectivity index (χ0v) is 15.4. The Morgan fingerprint density at radius 3 is 1.83 bits per heavy atom. The molecule has 0 fully saturated rings. The highest BCUT2D eigenvalue weighted by atomic mass is 16.3. The second-order valence-corrected chi connectivity index (χ2v) is 8.72. The summed E-state index contributed by atoms with van der Waals surface area (Å²) in [6, 6.07) is 12.4. The van der Waals surface area contributed by atoms with Crippen LogP contribution in [0.25, 0.3) is 21.5 Å². The molecule has 2 nitrogen and oxygen atoms in total. The lowest BCUT2D eigenvalue weighted by molar-refractivity contribution is 0.393. The average molecular weight is 322 g/mol. The van der Waals surface area contributed by atoms with E-state index in [1.807, 2.05) is 39.0 Å². The monoisotopic (exact) mass is 322 g/mol. The molecule has 0 saturated carbocycles. The van der Waals surface area contributed by atoms with Crippen molar-refractivity contribution in [1.82, 2.24) is 0 Å². The third kappa shape index (κ3) is 2.60. The Hall–Kier alpha value is -2.22. The molecule has 0 unspecified atom stereocenters. The number of benzene rings is 3. The molecule has 3 rings (SSSR count). The standard InChI is InChI=1S/C22H26O2/c1-21(2,3)14-9-7-13-8-10-15-17(16(13)11-14)12-18(22(4,5)6)20(24)19(15)23/h7-12,23-24H,1-6H3. The van der Waals surface area contributed by atoms with Crippen molar-refractivity contribution in [3.63, 3.8) is 0 Å². The third-order valence-electron chi connectivity index (χ3n) is 4.76. The van der Waals surface area contributed by atoms with Crippen LogP contribution in [-0.4, -0.2) is 10.2 Å². The van der Waals surface area contributed by atoms with Gasteiger partial charge in [-0.2, -0.15) is 0 Å². The molecule has 0 spiro atoms. The Morgan fingerprint density at radius 2 is 1.25 bits per heavy atom. The number of phenols is 2. The smallest absolute Gasteiger partial charge is 0.165 e. The zero-order chi connectivity index (χ0) is 17.9. The molecule has 126 valence electrons. The minimum absolute atomic E-state index is 0.0127.